The van der Waals surface area contributed by atoms with Crippen molar-refractivity contribution in [2.75, 3.05) is 4.90 Å². The quantitative estimate of drug-likeness (QED) is 0.343. The van der Waals surface area contributed by atoms with Crippen molar-refractivity contribution in [1.29, 1.82) is 0 Å². The van der Waals surface area contributed by atoms with Crippen LogP contribution >= 0.6 is 23.8 Å². The van der Waals surface area contributed by atoms with Gasteiger partial charge in [0.2, 0.25) is 0 Å². The summed E-state index contributed by atoms with van der Waals surface area (Å²) in [6.45, 7) is 4.18. The number of hydrogen-bond donors (Lipinski definition) is 1. The van der Waals surface area contributed by atoms with Crippen LogP contribution < -0.4 is 10.2 Å². The molecular weight excluding hydrogens is 455 g/mol. The third-order valence-electron chi connectivity index (χ3n) is 6.06. The van der Waals surface area contributed by atoms with Gasteiger partial charge < -0.3 is 14.8 Å². The monoisotopic (exact) mass is 476 g/mol. The lowest BCUT2D eigenvalue weighted by Crippen LogP contribution is -2.29. The molecule has 5 rings (SSSR count). The second kappa shape index (κ2) is 8.61. The van der Waals surface area contributed by atoms with Gasteiger partial charge in [0.1, 0.15) is 5.82 Å². The standard InChI is InChI=1S/C26H22ClFN4S/c1-16-14-22(17(2)31(16)21-7-5-6-18(27)15-21)25-24(23-8-3-4-13-29-23)30-26(33)32(25)20-11-9-19(28)10-12-20/h3-15,24-25H,1-2H3,(H,30,33)/t24-,25+/m0/s1. The summed E-state index contributed by atoms with van der Waals surface area (Å²) in [7, 11) is 0. The lowest BCUT2D eigenvalue weighted by Gasteiger charge is -2.28. The molecule has 0 saturated carbocycles. The Labute approximate surface area is 202 Å². The Balaban J connectivity index is 1.68. The molecule has 1 saturated heterocycles. The number of nitrogens with zero attached hydrogens (tertiary/aromatic N) is 3. The van der Waals surface area contributed by atoms with E-state index in [-0.39, 0.29) is 17.9 Å². The molecule has 166 valence electrons. The number of pyridine rings is 1. The second-order valence-electron chi connectivity index (χ2n) is 8.11. The summed E-state index contributed by atoms with van der Waals surface area (Å²) in [6.07, 6.45) is 1.78. The van der Waals surface area contributed by atoms with Crippen LogP contribution in [0, 0.1) is 19.7 Å². The maximum Gasteiger partial charge on any atom is 0.174 e. The van der Waals surface area contributed by atoms with Crippen LogP contribution in [0.2, 0.25) is 5.02 Å². The van der Waals surface area contributed by atoms with Crippen LogP contribution in [0.3, 0.4) is 0 Å². The first-order valence-corrected chi connectivity index (χ1v) is 11.4. The molecule has 0 bridgehead atoms. The number of hydrogen-bond acceptors (Lipinski definition) is 2. The summed E-state index contributed by atoms with van der Waals surface area (Å²) in [5.74, 6) is -0.284. The van der Waals surface area contributed by atoms with E-state index in [0.717, 1.165) is 34.0 Å². The third-order valence-corrected chi connectivity index (χ3v) is 6.61. The molecule has 2 aromatic heterocycles. The highest BCUT2D eigenvalue weighted by atomic mass is 35.5. The van der Waals surface area contributed by atoms with Crippen LogP contribution in [-0.2, 0) is 0 Å². The summed E-state index contributed by atoms with van der Waals surface area (Å²) in [5, 5.41) is 4.72. The van der Waals surface area contributed by atoms with Crippen molar-refractivity contribution >= 4 is 34.6 Å². The summed E-state index contributed by atoms with van der Waals surface area (Å²) in [5.41, 5.74) is 5.99. The van der Waals surface area contributed by atoms with Crippen molar-refractivity contribution in [3.8, 4) is 5.69 Å². The first-order chi connectivity index (χ1) is 15.9. The van der Waals surface area contributed by atoms with Crippen molar-refractivity contribution < 1.29 is 4.39 Å². The first-order valence-electron chi connectivity index (χ1n) is 10.6. The highest BCUT2D eigenvalue weighted by Gasteiger charge is 2.42. The van der Waals surface area contributed by atoms with E-state index in [1.807, 2.05) is 42.5 Å². The topological polar surface area (TPSA) is 33.1 Å². The van der Waals surface area contributed by atoms with Gasteiger partial charge >= 0.3 is 0 Å². The van der Waals surface area contributed by atoms with Gasteiger partial charge in [0.25, 0.3) is 0 Å². The molecule has 0 aliphatic carbocycles. The van der Waals surface area contributed by atoms with Crippen LogP contribution in [0.15, 0.2) is 79.0 Å². The maximum atomic E-state index is 13.7. The van der Waals surface area contributed by atoms with Crippen LogP contribution in [-0.4, -0.2) is 14.7 Å². The normalized spacial score (nSPS) is 17.9. The Morgan fingerprint density at radius 1 is 0.970 bits per heavy atom. The SMILES string of the molecule is Cc1cc([C@@H]2[C@H](c3ccccn3)NC(=S)N2c2ccc(F)cc2)c(C)n1-c1cccc(Cl)c1. The van der Waals surface area contributed by atoms with E-state index in [1.165, 1.54) is 12.1 Å². The highest BCUT2D eigenvalue weighted by Crippen LogP contribution is 2.43. The number of rotatable bonds is 4. The minimum atomic E-state index is -0.284. The van der Waals surface area contributed by atoms with Gasteiger partial charge in [-0.25, -0.2) is 4.39 Å². The van der Waals surface area contributed by atoms with Gasteiger partial charge in [-0.05, 0) is 92.3 Å². The van der Waals surface area contributed by atoms with Crippen molar-refractivity contribution in [2.24, 2.45) is 0 Å². The summed E-state index contributed by atoms with van der Waals surface area (Å²) >= 11 is 12.1. The fraction of sp³-hybridized carbons (Fsp3) is 0.154. The lowest BCUT2D eigenvalue weighted by atomic mass is 9.96. The Bertz CT molecular complexity index is 1320. The number of halogens is 2. The van der Waals surface area contributed by atoms with E-state index in [2.05, 4.69) is 39.7 Å². The van der Waals surface area contributed by atoms with Crippen molar-refractivity contribution in [3.05, 3.63) is 112 Å². The highest BCUT2D eigenvalue weighted by molar-refractivity contribution is 7.80. The molecule has 0 amide bonds. The van der Waals surface area contributed by atoms with E-state index >= 15 is 0 Å². The zero-order valence-electron chi connectivity index (χ0n) is 18.2. The van der Waals surface area contributed by atoms with Crippen LogP contribution in [0.1, 0.15) is 34.7 Å². The van der Waals surface area contributed by atoms with Gasteiger partial charge in [0, 0.05) is 34.0 Å². The minimum absolute atomic E-state index is 0.169. The molecule has 1 aliphatic rings. The number of nitrogens with one attached hydrogen (secondary N) is 1. The van der Waals surface area contributed by atoms with Crippen molar-refractivity contribution in [3.63, 3.8) is 0 Å². The number of anilines is 1. The molecule has 1 fully saturated rings. The van der Waals surface area contributed by atoms with E-state index in [0.29, 0.717) is 10.1 Å². The molecule has 2 aromatic carbocycles. The zero-order valence-corrected chi connectivity index (χ0v) is 19.7. The number of aryl methyl sites for hydroxylation is 1. The van der Waals surface area contributed by atoms with Gasteiger partial charge in [-0.1, -0.05) is 23.7 Å². The average Bonchev–Trinajstić information content (AvgIpc) is 3.30. The second-order valence-corrected chi connectivity index (χ2v) is 8.94. The Kier molecular flexibility index (Phi) is 5.64. The lowest BCUT2D eigenvalue weighted by molar-refractivity contribution is 0.565. The molecule has 2 atom stereocenters. The number of aromatic nitrogens is 2. The van der Waals surface area contributed by atoms with Gasteiger partial charge in [0.05, 0.1) is 17.8 Å². The largest absolute Gasteiger partial charge is 0.351 e. The zero-order chi connectivity index (χ0) is 23.1. The molecule has 4 aromatic rings. The van der Waals surface area contributed by atoms with Crippen LogP contribution in [0.25, 0.3) is 5.69 Å². The Morgan fingerprint density at radius 2 is 1.76 bits per heavy atom. The van der Waals surface area contributed by atoms with Gasteiger partial charge in [-0.2, -0.15) is 0 Å². The average molecular weight is 477 g/mol. The van der Waals surface area contributed by atoms with Gasteiger partial charge in [-0.15, -0.1) is 0 Å². The Morgan fingerprint density at radius 3 is 2.45 bits per heavy atom. The molecule has 0 spiro atoms. The predicted octanol–water partition coefficient (Wildman–Crippen LogP) is 6.46. The van der Waals surface area contributed by atoms with E-state index in [1.54, 1.807) is 18.3 Å². The van der Waals surface area contributed by atoms with E-state index in [9.17, 15) is 4.39 Å². The first kappa shape index (κ1) is 21.6. The number of benzene rings is 2. The summed E-state index contributed by atoms with van der Waals surface area (Å²) < 4.78 is 15.9. The van der Waals surface area contributed by atoms with E-state index < -0.39 is 0 Å². The van der Waals surface area contributed by atoms with Crippen molar-refractivity contribution in [1.82, 2.24) is 14.9 Å². The smallest absolute Gasteiger partial charge is 0.174 e. The molecule has 7 heteroatoms. The molecule has 0 radical (unpaired) electrons. The number of thiocarbonyl (C=S) groups is 1. The van der Waals surface area contributed by atoms with Crippen LogP contribution in [0.4, 0.5) is 10.1 Å². The fourth-order valence-corrected chi connectivity index (χ4v) is 5.18. The van der Waals surface area contributed by atoms with Gasteiger partial charge in [0.15, 0.2) is 5.11 Å². The molecule has 4 nitrogen and oxygen atoms in total. The molecule has 0 unspecified atom stereocenters. The summed E-state index contributed by atoms with van der Waals surface area (Å²) in [4.78, 5) is 6.66. The van der Waals surface area contributed by atoms with E-state index in [4.69, 9.17) is 23.8 Å². The molecular formula is C26H22ClFN4S. The van der Waals surface area contributed by atoms with Gasteiger partial charge in [-0.3, -0.25) is 4.98 Å². The van der Waals surface area contributed by atoms with Crippen molar-refractivity contribution in [2.45, 2.75) is 25.9 Å². The molecule has 1 N–H and O–H groups in total. The summed E-state index contributed by atoms with van der Waals surface area (Å²) in [6, 6.07) is 22.0. The predicted molar refractivity (Wildman–Crippen MR) is 135 cm³/mol. The fourth-order valence-electron chi connectivity index (χ4n) is 4.65. The molecule has 1 aliphatic heterocycles. The van der Waals surface area contributed by atoms with Crippen LogP contribution in [0.5, 0.6) is 0 Å². The molecule has 33 heavy (non-hydrogen) atoms. The third kappa shape index (κ3) is 3.90. The Hall–Kier alpha value is -3.22. The maximum absolute atomic E-state index is 13.7. The molecule has 3 heterocycles. The minimum Gasteiger partial charge on any atom is -0.351 e.